The molecule has 0 aliphatic heterocycles. The molecule has 0 radical (unpaired) electrons. The number of ether oxygens (including phenoxy) is 1. The van der Waals surface area contributed by atoms with Gasteiger partial charge in [0.05, 0.1) is 6.61 Å². The Morgan fingerprint density at radius 1 is 1.47 bits per heavy atom. The zero-order valence-electron chi connectivity index (χ0n) is 9.26. The lowest BCUT2D eigenvalue weighted by molar-refractivity contribution is 0.176. The van der Waals surface area contributed by atoms with Gasteiger partial charge in [-0.1, -0.05) is 24.3 Å². The highest BCUT2D eigenvalue weighted by Gasteiger charge is 2.17. The second-order valence-electron chi connectivity index (χ2n) is 3.54. The first-order valence-corrected chi connectivity index (χ1v) is 6.75. The lowest BCUT2D eigenvalue weighted by Crippen LogP contribution is -2.04. The Balaban J connectivity index is 2.33. The molecule has 1 atom stereocenters. The average molecular weight is 314 g/mol. The SMILES string of the molecule is COCc1ccccc1C(O)c1nc(Br)cs1. The van der Waals surface area contributed by atoms with Crippen molar-refractivity contribution >= 4 is 27.3 Å². The van der Waals surface area contributed by atoms with E-state index in [1.54, 1.807) is 7.11 Å². The monoisotopic (exact) mass is 313 g/mol. The second-order valence-corrected chi connectivity index (χ2v) is 5.24. The van der Waals surface area contributed by atoms with Gasteiger partial charge in [-0.3, -0.25) is 0 Å². The largest absolute Gasteiger partial charge is 0.381 e. The number of nitrogens with zero attached hydrogens (tertiary/aromatic N) is 1. The molecule has 0 saturated carbocycles. The lowest BCUT2D eigenvalue weighted by atomic mass is 10.0. The third-order valence-electron chi connectivity index (χ3n) is 2.38. The molecular formula is C12H12BrNO2S. The van der Waals surface area contributed by atoms with Crippen LogP contribution in [-0.2, 0) is 11.3 Å². The van der Waals surface area contributed by atoms with Gasteiger partial charge in [-0.25, -0.2) is 4.98 Å². The van der Waals surface area contributed by atoms with Crippen molar-refractivity contribution < 1.29 is 9.84 Å². The summed E-state index contributed by atoms with van der Waals surface area (Å²) in [6.45, 7) is 0.486. The van der Waals surface area contributed by atoms with Gasteiger partial charge in [0.1, 0.15) is 15.7 Å². The minimum atomic E-state index is -0.697. The summed E-state index contributed by atoms with van der Waals surface area (Å²) in [5, 5.41) is 12.8. The number of hydrogen-bond acceptors (Lipinski definition) is 4. The van der Waals surface area contributed by atoms with Gasteiger partial charge < -0.3 is 9.84 Å². The first kappa shape index (κ1) is 12.7. The van der Waals surface area contributed by atoms with Gasteiger partial charge in [-0.05, 0) is 27.1 Å². The van der Waals surface area contributed by atoms with E-state index < -0.39 is 6.10 Å². The Bertz CT molecular complexity index is 501. The summed E-state index contributed by atoms with van der Waals surface area (Å²) in [6, 6.07) is 7.68. The van der Waals surface area contributed by atoms with Crippen molar-refractivity contribution in [3.63, 3.8) is 0 Å². The van der Waals surface area contributed by atoms with Crippen LogP contribution < -0.4 is 0 Å². The van der Waals surface area contributed by atoms with Crippen molar-refractivity contribution in [2.45, 2.75) is 12.7 Å². The molecule has 0 fully saturated rings. The van der Waals surface area contributed by atoms with E-state index in [0.717, 1.165) is 15.7 Å². The van der Waals surface area contributed by atoms with Crippen molar-refractivity contribution in [1.29, 1.82) is 0 Å². The molecule has 0 amide bonds. The fraction of sp³-hybridized carbons (Fsp3) is 0.250. The molecule has 17 heavy (non-hydrogen) atoms. The fourth-order valence-corrected chi connectivity index (χ4v) is 2.88. The molecule has 1 aromatic carbocycles. The molecule has 90 valence electrons. The summed E-state index contributed by atoms with van der Waals surface area (Å²) in [4.78, 5) is 4.23. The number of aromatic nitrogens is 1. The van der Waals surface area contributed by atoms with E-state index in [-0.39, 0.29) is 0 Å². The predicted octanol–water partition coefficient (Wildman–Crippen LogP) is 3.13. The Labute approximate surface area is 112 Å². The minimum Gasteiger partial charge on any atom is -0.381 e. The topological polar surface area (TPSA) is 42.4 Å². The molecule has 1 unspecified atom stereocenters. The highest BCUT2D eigenvalue weighted by molar-refractivity contribution is 9.10. The number of thiazole rings is 1. The molecule has 0 aliphatic rings. The van der Waals surface area contributed by atoms with Crippen LogP contribution in [-0.4, -0.2) is 17.2 Å². The van der Waals surface area contributed by atoms with Crippen LogP contribution in [0.3, 0.4) is 0 Å². The number of methoxy groups -OCH3 is 1. The maximum atomic E-state index is 10.3. The van der Waals surface area contributed by atoms with Crippen LogP contribution in [0.1, 0.15) is 22.2 Å². The van der Waals surface area contributed by atoms with Crippen LogP contribution in [0.25, 0.3) is 0 Å². The Kier molecular flexibility index (Phi) is 4.28. The minimum absolute atomic E-state index is 0.486. The van der Waals surface area contributed by atoms with E-state index in [0.29, 0.717) is 11.6 Å². The normalized spacial score (nSPS) is 12.6. The predicted molar refractivity (Wildman–Crippen MR) is 71.0 cm³/mol. The average Bonchev–Trinajstić information content (AvgIpc) is 2.76. The Morgan fingerprint density at radius 3 is 2.88 bits per heavy atom. The number of halogens is 1. The van der Waals surface area contributed by atoms with Crippen LogP contribution in [0.5, 0.6) is 0 Å². The summed E-state index contributed by atoms with van der Waals surface area (Å²) in [7, 11) is 1.64. The molecule has 0 saturated heterocycles. The summed E-state index contributed by atoms with van der Waals surface area (Å²) in [5.74, 6) is 0. The van der Waals surface area contributed by atoms with Gasteiger partial charge in [0.15, 0.2) is 0 Å². The second kappa shape index (κ2) is 5.73. The first-order valence-electron chi connectivity index (χ1n) is 5.08. The van der Waals surface area contributed by atoms with Crippen LogP contribution >= 0.6 is 27.3 Å². The van der Waals surface area contributed by atoms with E-state index in [2.05, 4.69) is 20.9 Å². The van der Waals surface area contributed by atoms with Gasteiger partial charge in [0, 0.05) is 12.5 Å². The van der Waals surface area contributed by atoms with Crippen molar-refractivity contribution in [2.75, 3.05) is 7.11 Å². The molecule has 0 aliphatic carbocycles. The molecular weight excluding hydrogens is 302 g/mol. The van der Waals surface area contributed by atoms with E-state index in [4.69, 9.17) is 4.74 Å². The van der Waals surface area contributed by atoms with Gasteiger partial charge in [-0.2, -0.15) is 0 Å². The third kappa shape index (κ3) is 2.93. The van der Waals surface area contributed by atoms with Gasteiger partial charge in [-0.15, -0.1) is 11.3 Å². The molecule has 1 N–H and O–H groups in total. The Morgan fingerprint density at radius 2 is 2.24 bits per heavy atom. The summed E-state index contributed by atoms with van der Waals surface area (Å²) in [5.41, 5.74) is 1.82. The zero-order valence-corrected chi connectivity index (χ0v) is 11.7. The molecule has 5 heteroatoms. The molecule has 2 rings (SSSR count). The standard InChI is InChI=1S/C12H12BrNO2S/c1-16-6-8-4-2-3-5-9(8)11(15)12-14-10(13)7-17-12/h2-5,7,11,15H,6H2,1H3. The Hall–Kier alpha value is -0.750. The van der Waals surface area contributed by atoms with E-state index in [9.17, 15) is 5.11 Å². The quantitative estimate of drug-likeness (QED) is 0.943. The van der Waals surface area contributed by atoms with Crippen LogP contribution in [0.4, 0.5) is 0 Å². The van der Waals surface area contributed by atoms with Gasteiger partial charge >= 0.3 is 0 Å². The third-order valence-corrected chi connectivity index (χ3v) is 3.98. The maximum Gasteiger partial charge on any atom is 0.131 e. The number of aliphatic hydroxyl groups excluding tert-OH is 1. The molecule has 3 nitrogen and oxygen atoms in total. The first-order chi connectivity index (χ1) is 8.22. The number of hydrogen-bond donors (Lipinski definition) is 1. The van der Waals surface area contributed by atoms with Crippen LogP contribution in [0, 0.1) is 0 Å². The summed E-state index contributed by atoms with van der Waals surface area (Å²) >= 11 is 4.72. The number of benzene rings is 1. The van der Waals surface area contributed by atoms with Crippen molar-refractivity contribution in [3.05, 3.63) is 50.4 Å². The van der Waals surface area contributed by atoms with E-state index in [1.165, 1.54) is 11.3 Å². The van der Waals surface area contributed by atoms with Gasteiger partial charge in [0.25, 0.3) is 0 Å². The molecule has 2 aromatic rings. The highest BCUT2D eigenvalue weighted by atomic mass is 79.9. The molecule has 1 aromatic heterocycles. The summed E-state index contributed by atoms with van der Waals surface area (Å²) < 4.78 is 5.87. The number of aliphatic hydroxyl groups is 1. The summed E-state index contributed by atoms with van der Waals surface area (Å²) in [6.07, 6.45) is -0.697. The van der Waals surface area contributed by atoms with Crippen molar-refractivity contribution in [1.82, 2.24) is 4.98 Å². The van der Waals surface area contributed by atoms with E-state index in [1.807, 2.05) is 29.6 Å². The fourth-order valence-electron chi connectivity index (χ4n) is 1.61. The highest BCUT2D eigenvalue weighted by Crippen LogP contribution is 2.29. The van der Waals surface area contributed by atoms with E-state index >= 15 is 0 Å². The molecule has 1 heterocycles. The zero-order chi connectivity index (χ0) is 12.3. The van der Waals surface area contributed by atoms with Crippen LogP contribution in [0.15, 0.2) is 34.2 Å². The van der Waals surface area contributed by atoms with Crippen LogP contribution in [0.2, 0.25) is 0 Å². The smallest absolute Gasteiger partial charge is 0.131 e. The van der Waals surface area contributed by atoms with Gasteiger partial charge in [0.2, 0.25) is 0 Å². The maximum absolute atomic E-state index is 10.3. The lowest BCUT2D eigenvalue weighted by Gasteiger charge is -2.12. The molecule has 0 spiro atoms. The van der Waals surface area contributed by atoms with Crippen molar-refractivity contribution in [3.8, 4) is 0 Å². The molecule has 0 bridgehead atoms. The van der Waals surface area contributed by atoms with Crippen molar-refractivity contribution in [2.24, 2.45) is 0 Å². The number of rotatable bonds is 4.